The highest BCUT2D eigenvalue weighted by atomic mass is 16.5. The normalized spacial score (nSPS) is 44.8. The van der Waals surface area contributed by atoms with Gasteiger partial charge in [0.25, 0.3) is 0 Å². The van der Waals surface area contributed by atoms with E-state index in [1.165, 1.54) is 19.3 Å². The third kappa shape index (κ3) is 2.03. The van der Waals surface area contributed by atoms with Crippen LogP contribution in [-0.4, -0.2) is 37.5 Å². The minimum Gasteiger partial charge on any atom is -0.391 e. The maximum Gasteiger partial charge on any atom is 0.0704 e. The summed E-state index contributed by atoms with van der Waals surface area (Å²) in [7, 11) is 1.78. The minimum absolute atomic E-state index is 0.110. The van der Waals surface area contributed by atoms with Crippen molar-refractivity contribution < 1.29 is 9.84 Å². The fourth-order valence-electron chi connectivity index (χ4n) is 2.45. The van der Waals surface area contributed by atoms with E-state index in [0.29, 0.717) is 12.0 Å². The highest BCUT2D eigenvalue weighted by Crippen LogP contribution is 2.35. The predicted molar refractivity (Wildman–Crippen MR) is 50.5 cm³/mol. The Bertz CT molecular complexity index is 168. The summed E-state index contributed by atoms with van der Waals surface area (Å²) in [6.45, 7) is 1.78. The Hall–Kier alpha value is -0.120. The van der Waals surface area contributed by atoms with Crippen LogP contribution in [0, 0.1) is 11.8 Å². The Morgan fingerprint density at radius 3 is 2.69 bits per heavy atom. The summed E-state index contributed by atoms with van der Waals surface area (Å²) in [5.41, 5.74) is 0. The molecule has 1 aliphatic heterocycles. The molecule has 2 rings (SSSR count). The standard InChI is InChI=1S/C10H19NO2/c1-13-9-3-7(4-9)2-8-5-11-6-10(8)12/h7-12H,2-6H2,1H3. The largest absolute Gasteiger partial charge is 0.391 e. The Balaban J connectivity index is 1.68. The summed E-state index contributed by atoms with van der Waals surface area (Å²) in [6, 6.07) is 0. The van der Waals surface area contributed by atoms with Crippen molar-refractivity contribution in [1.82, 2.24) is 5.32 Å². The van der Waals surface area contributed by atoms with Crippen LogP contribution in [0.1, 0.15) is 19.3 Å². The summed E-state index contributed by atoms with van der Waals surface area (Å²) in [5, 5.41) is 12.8. The molecule has 0 aromatic heterocycles. The molecule has 0 bridgehead atoms. The Morgan fingerprint density at radius 2 is 2.15 bits per heavy atom. The monoisotopic (exact) mass is 185 g/mol. The second kappa shape index (κ2) is 3.95. The number of nitrogens with one attached hydrogen (secondary N) is 1. The van der Waals surface area contributed by atoms with Crippen LogP contribution in [0.15, 0.2) is 0 Å². The van der Waals surface area contributed by atoms with Crippen LogP contribution < -0.4 is 5.32 Å². The quantitative estimate of drug-likeness (QED) is 0.668. The van der Waals surface area contributed by atoms with Gasteiger partial charge < -0.3 is 15.2 Å². The van der Waals surface area contributed by atoms with Gasteiger partial charge >= 0.3 is 0 Å². The van der Waals surface area contributed by atoms with E-state index in [-0.39, 0.29) is 6.10 Å². The van der Waals surface area contributed by atoms with Gasteiger partial charge in [0.2, 0.25) is 0 Å². The molecule has 2 aliphatic rings. The first kappa shape index (κ1) is 9.44. The summed E-state index contributed by atoms with van der Waals surface area (Å²) in [5.74, 6) is 1.28. The maximum atomic E-state index is 9.59. The molecule has 1 saturated heterocycles. The minimum atomic E-state index is -0.110. The molecule has 3 nitrogen and oxygen atoms in total. The first-order valence-electron chi connectivity index (χ1n) is 5.21. The van der Waals surface area contributed by atoms with E-state index in [4.69, 9.17) is 4.74 Å². The van der Waals surface area contributed by atoms with Crippen molar-refractivity contribution in [3.8, 4) is 0 Å². The zero-order valence-electron chi connectivity index (χ0n) is 8.20. The van der Waals surface area contributed by atoms with E-state index in [1.54, 1.807) is 7.11 Å². The lowest BCUT2D eigenvalue weighted by Gasteiger charge is -2.36. The highest BCUT2D eigenvalue weighted by molar-refractivity contribution is 4.87. The smallest absolute Gasteiger partial charge is 0.0704 e. The van der Waals surface area contributed by atoms with Crippen molar-refractivity contribution in [2.75, 3.05) is 20.2 Å². The van der Waals surface area contributed by atoms with Gasteiger partial charge in [0.05, 0.1) is 12.2 Å². The molecule has 2 N–H and O–H groups in total. The molecule has 0 radical (unpaired) electrons. The molecule has 0 amide bonds. The molecule has 0 aromatic rings. The fourth-order valence-corrected chi connectivity index (χ4v) is 2.45. The van der Waals surface area contributed by atoms with Gasteiger partial charge in [-0.2, -0.15) is 0 Å². The number of aliphatic hydroxyl groups is 1. The third-order valence-electron chi connectivity index (χ3n) is 3.47. The van der Waals surface area contributed by atoms with E-state index in [1.807, 2.05) is 0 Å². The fraction of sp³-hybridized carbons (Fsp3) is 1.00. The number of ether oxygens (including phenoxy) is 1. The summed E-state index contributed by atoms with van der Waals surface area (Å²) >= 11 is 0. The number of β-amino-alcohol motifs (C(OH)–C–C–N with tert-alkyl or cyclic N) is 1. The number of rotatable bonds is 3. The van der Waals surface area contributed by atoms with Crippen molar-refractivity contribution in [3.63, 3.8) is 0 Å². The van der Waals surface area contributed by atoms with Crippen LogP contribution in [0.25, 0.3) is 0 Å². The second-order valence-corrected chi connectivity index (χ2v) is 4.42. The van der Waals surface area contributed by atoms with Crippen LogP contribution in [0.5, 0.6) is 0 Å². The van der Waals surface area contributed by atoms with E-state index in [2.05, 4.69) is 5.32 Å². The summed E-state index contributed by atoms with van der Waals surface area (Å²) in [6.07, 6.45) is 3.95. The third-order valence-corrected chi connectivity index (χ3v) is 3.47. The van der Waals surface area contributed by atoms with Crippen molar-refractivity contribution in [2.24, 2.45) is 11.8 Å². The molecule has 2 fully saturated rings. The average Bonchev–Trinajstić information content (AvgIpc) is 2.43. The maximum absolute atomic E-state index is 9.59. The van der Waals surface area contributed by atoms with Gasteiger partial charge in [-0.3, -0.25) is 0 Å². The molecule has 0 spiro atoms. The molecule has 0 aromatic carbocycles. The highest BCUT2D eigenvalue weighted by Gasteiger charge is 2.34. The number of methoxy groups -OCH3 is 1. The Morgan fingerprint density at radius 1 is 1.38 bits per heavy atom. The summed E-state index contributed by atoms with van der Waals surface area (Å²) in [4.78, 5) is 0. The molecular formula is C10H19NO2. The predicted octanol–water partition coefficient (Wildman–Crippen LogP) is 0.382. The van der Waals surface area contributed by atoms with Crippen LogP contribution in [-0.2, 0) is 4.74 Å². The van der Waals surface area contributed by atoms with Crippen molar-refractivity contribution in [1.29, 1.82) is 0 Å². The van der Waals surface area contributed by atoms with Gasteiger partial charge in [-0.1, -0.05) is 0 Å². The number of hydrogen-bond donors (Lipinski definition) is 2. The first-order chi connectivity index (χ1) is 6.29. The molecular weight excluding hydrogens is 166 g/mol. The molecule has 2 unspecified atom stereocenters. The van der Waals surface area contributed by atoms with Gasteiger partial charge in [0.15, 0.2) is 0 Å². The second-order valence-electron chi connectivity index (χ2n) is 4.42. The Labute approximate surface area is 79.5 Å². The lowest BCUT2D eigenvalue weighted by atomic mass is 9.76. The van der Waals surface area contributed by atoms with E-state index in [0.717, 1.165) is 19.0 Å². The van der Waals surface area contributed by atoms with Crippen molar-refractivity contribution in [2.45, 2.75) is 31.5 Å². The molecule has 2 atom stereocenters. The Kier molecular flexibility index (Phi) is 2.86. The molecule has 13 heavy (non-hydrogen) atoms. The van der Waals surface area contributed by atoms with Crippen molar-refractivity contribution in [3.05, 3.63) is 0 Å². The van der Waals surface area contributed by atoms with Crippen LogP contribution in [0.3, 0.4) is 0 Å². The molecule has 3 heteroatoms. The van der Waals surface area contributed by atoms with Crippen LogP contribution >= 0.6 is 0 Å². The number of hydrogen-bond acceptors (Lipinski definition) is 3. The average molecular weight is 185 g/mol. The van der Waals surface area contributed by atoms with Gasteiger partial charge in [0, 0.05) is 20.2 Å². The van der Waals surface area contributed by atoms with Crippen molar-refractivity contribution >= 4 is 0 Å². The SMILES string of the molecule is COC1CC(CC2CNCC2O)C1. The van der Waals surface area contributed by atoms with Gasteiger partial charge in [-0.05, 0) is 31.1 Å². The molecule has 1 heterocycles. The lowest BCUT2D eigenvalue weighted by molar-refractivity contribution is -0.0122. The number of aliphatic hydroxyl groups excluding tert-OH is 1. The zero-order chi connectivity index (χ0) is 9.26. The molecule has 76 valence electrons. The van der Waals surface area contributed by atoms with Gasteiger partial charge in [0.1, 0.15) is 0 Å². The topological polar surface area (TPSA) is 41.5 Å². The van der Waals surface area contributed by atoms with E-state index < -0.39 is 0 Å². The van der Waals surface area contributed by atoms with E-state index in [9.17, 15) is 5.11 Å². The molecule has 1 saturated carbocycles. The first-order valence-corrected chi connectivity index (χ1v) is 5.21. The summed E-state index contributed by atoms with van der Waals surface area (Å²) < 4.78 is 5.23. The van der Waals surface area contributed by atoms with Crippen LogP contribution in [0.2, 0.25) is 0 Å². The van der Waals surface area contributed by atoms with E-state index >= 15 is 0 Å². The van der Waals surface area contributed by atoms with Gasteiger partial charge in [-0.25, -0.2) is 0 Å². The molecule has 1 aliphatic carbocycles. The van der Waals surface area contributed by atoms with Crippen LogP contribution in [0.4, 0.5) is 0 Å². The lowest BCUT2D eigenvalue weighted by Crippen LogP contribution is -2.33. The zero-order valence-corrected chi connectivity index (χ0v) is 8.20. The van der Waals surface area contributed by atoms with Gasteiger partial charge in [-0.15, -0.1) is 0 Å².